The van der Waals surface area contributed by atoms with E-state index in [0.717, 1.165) is 34.1 Å². The molecule has 1 N–H and O–H groups in total. The maximum absolute atomic E-state index is 14.2. The molecule has 0 amide bonds. The van der Waals surface area contributed by atoms with Crippen LogP contribution in [0, 0.1) is 18.2 Å². The quantitative estimate of drug-likeness (QED) is 0.859. The number of halogens is 1. The first kappa shape index (κ1) is 14.8. The molecule has 1 aliphatic rings. The lowest BCUT2D eigenvalue weighted by molar-refractivity contribution is 0.615. The number of piperidine rings is 1. The van der Waals surface area contributed by atoms with E-state index in [-0.39, 0.29) is 5.82 Å². The molecule has 3 heteroatoms. The van der Waals surface area contributed by atoms with Crippen molar-refractivity contribution in [2.24, 2.45) is 0 Å². The molecule has 0 spiro atoms. The molecule has 0 atom stereocenters. The Labute approximate surface area is 130 Å². The van der Waals surface area contributed by atoms with Gasteiger partial charge in [0.25, 0.3) is 0 Å². The number of aryl methyl sites for hydroxylation is 2. The van der Waals surface area contributed by atoms with E-state index in [2.05, 4.69) is 30.5 Å². The summed E-state index contributed by atoms with van der Waals surface area (Å²) in [6.07, 6.45) is 1.37. The van der Waals surface area contributed by atoms with E-state index in [1.807, 2.05) is 13.0 Å². The zero-order chi connectivity index (χ0) is 15.9. The number of rotatable bonds is 2. The predicted molar refractivity (Wildman–Crippen MR) is 91.7 cm³/mol. The normalized spacial score (nSPS) is 15.7. The first-order valence-electron chi connectivity index (χ1n) is 7.73. The third-order valence-electron chi connectivity index (χ3n) is 4.43. The monoisotopic (exact) mass is 296 g/mol. The van der Waals surface area contributed by atoms with Gasteiger partial charge in [-0.05, 0) is 47.6 Å². The van der Waals surface area contributed by atoms with E-state index in [1.54, 1.807) is 6.07 Å². The smallest absolute Gasteiger partial charge is 0.127 e. The molecule has 0 saturated carbocycles. The maximum Gasteiger partial charge on any atom is 0.127 e. The minimum Gasteiger partial charge on any atom is -0.366 e. The van der Waals surface area contributed by atoms with Gasteiger partial charge in [-0.3, -0.25) is 0 Å². The van der Waals surface area contributed by atoms with Gasteiger partial charge in [-0.2, -0.15) is 0 Å². The lowest BCUT2D eigenvalue weighted by Gasteiger charge is -2.32. The summed E-state index contributed by atoms with van der Waals surface area (Å²) in [6.45, 7) is 9.49. The number of nitrogens with zero attached hydrogens (tertiary/aromatic N) is 1. The van der Waals surface area contributed by atoms with Gasteiger partial charge < -0.3 is 10.3 Å². The SMILES string of the molecule is C=C1CN(c2cc(C)cc3ccc(F)c(CC)c23)CCC1=N. The fraction of sp³-hybridized carbons (Fsp3) is 0.316. The molecule has 2 aromatic carbocycles. The van der Waals surface area contributed by atoms with Gasteiger partial charge in [-0.15, -0.1) is 0 Å². The highest BCUT2D eigenvalue weighted by Gasteiger charge is 2.21. The molecule has 3 rings (SSSR count). The third-order valence-corrected chi connectivity index (χ3v) is 4.43. The molecule has 1 aliphatic heterocycles. The topological polar surface area (TPSA) is 27.1 Å². The summed E-state index contributed by atoms with van der Waals surface area (Å²) in [5.74, 6) is -0.135. The van der Waals surface area contributed by atoms with Crippen LogP contribution in [0.15, 0.2) is 36.4 Å². The number of benzene rings is 2. The molecule has 2 aromatic rings. The van der Waals surface area contributed by atoms with Crippen molar-refractivity contribution in [2.75, 3.05) is 18.0 Å². The van der Waals surface area contributed by atoms with Gasteiger partial charge in [0.1, 0.15) is 5.82 Å². The van der Waals surface area contributed by atoms with Gasteiger partial charge in [0, 0.05) is 36.3 Å². The molecule has 0 aliphatic carbocycles. The molecule has 0 unspecified atom stereocenters. The van der Waals surface area contributed by atoms with Gasteiger partial charge >= 0.3 is 0 Å². The molecule has 2 nitrogen and oxygen atoms in total. The molecule has 0 bridgehead atoms. The Balaban J connectivity index is 2.22. The van der Waals surface area contributed by atoms with E-state index in [4.69, 9.17) is 5.41 Å². The van der Waals surface area contributed by atoms with Crippen molar-refractivity contribution >= 4 is 22.2 Å². The second-order valence-electron chi connectivity index (χ2n) is 6.02. The van der Waals surface area contributed by atoms with Crippen LogP contribution in [-0.4, -0.2) is 18.8 Å². The lowest BCUT2D eigenvalue weighted by atomic mass is 9.96. The van der Waals surface area contributed by atoms with Crippen LogP contribution >= 0.6 is 0 Å². The Hall–Kier alpha value is -2.16. The minimum absolute atomic E-state index is 0.135. The molecule has 1 heterocycles. The van der Waals surface area contributed by atoms with E-state index in [9.17, 15) is 4.39 Å². The van der Waals surface area contributed by atoms with Crippen LogP contribution in [0.2, 0.25) is 0 Å². The van der Waals surface area contributed by atoms with Crippen molar-refractivity contribution in [3.63, 3.8) is 0 Å². The van der Waals surface area contributed by atoms with Gasteiger partial charge in [-0.1, -0.05) is 25.6 Å². The molecule has 0 radical (unpaired) electrons. The second kappa shape index (κ2) is 5.56. The van der Waals surface area contributed by atoms with Crippen molar-refractivity contribution in [1.29, 1.82) is 5.41 Å². The molecule has 1 fully saturated rings. The van der Waals surface area contributed by atoms with Crippen molar-refractivity contribution in [2.45, 2.75) is 26.7 Å². The van der Waals surface area contributed by atoms with E-state index in [0.29, 0.717) is 25.1 Å². The summed E-state index contributed by atoms with van der Waals surface area (Å²) in [5, 5.41) is 9.97. The number of nitrogens with one attached hydrogen (secondary N) is 1. The van der Waals surface area contributed by atoms with Crippen LogP contribution in [0.3, 0.4) is 0 Å². The van der Waals surface area contributed by atoms with Crippen LogP contribution < -0.4 is 4.90 Å². The summed E-state index contributed by atoms with van der Waals surface area (Å²) in [5.41, 5.74) is 4.51. The third kappa shape index (κ3) is 2.41. The Kier molecular flexibility index (Phi) is 3.73. The number of hydrogen-bond donors (Lipinski definition) is 1. The zero-order valence-corrected chi connectivity index (χ0v) is 13.2. The molecule has 114 valence electrons. The fourth-order valence-corrected chi connectivity index (χ4v) is 3.27. The lowest BCUT2D eigenvalue weighted by Crippen LogP contribution is -2.35. The first-order valence-corrected chi connectivity index (χ1v) is 7.73. The van der Waals surface area contributed by atoms with Crippen molar-refractivity contribution in [1.82, 2.24) is 0 Å². The van der Waals surface area contributed by atoms with E-state index >= 15 is 0 Å². The van der Waals surface area contributed by atoms with Crippen molar-refractivity contribution in [3.8, 4) is 0 Å². The Morgan fingerprint density at radius 2 is 2.09 bits per heavy atom. The highest BCUT2D eigenvalue weighted by Crippen LogP contribution is 2.34. The highest BCUT2D eigenvalue weighted by molar-refractivity contribution is 6.02. The van der Waals surface area contributed by atoms with Gasteiger partial charge in [0.15, 0.2) is 0 Å². The summed E-state index contributed by atoms with van der Waals surface area (Å²) in [4.78, 5) is 2.23. The molecule has 1 saturated heterocycles. The minimum atomic E-state index is -0.135. The summed E-state index contributed by atoms with van der Waals surface area (Å²) >= 11 is 0. The van der Waals surface area contributed by atoms with Crippen LogP contribution in [0.1, 0.15) is 24.5 Å². The zero-order valence-electron chi connectivity index (χ0n) is 13.2. The second-order valence-corrected chi connectivity index (χ2v) is 6.02. The Bertz CT molecular complexity index is 777. The van der Waals surface area contributed by atoms with Crippen molar-refractivity contribution < 1.29 is 4.39 Å². The molecule has 22 heavy (non-hydrogen) atoms. The standard InChI is InChI=1S/C19H21FN2/c1-4-15-16(20)6-5-14-9-12(2)10-18(19(14)15)22-8-7-17(21)13(3)11-22/h5-6,9-10,21H,3-4,7-8,11H2,1-2H3. The summed E-state index contributed by atoms with van der Waals surface area (Å²) in [6, 6.07) is 7.66. The van der Waals surface area contributed by atoms with Crippen LogP contribution in [-0.2, 0) is 6.42 Å². The number of fused-ring (bicyclic) bond motifs is 1. The highest BCUT2D eigenvalue weighted by atomic mass is 19.1. The van der Waals surface area contributed by atoms with Gasteiger partial charge in [-0.25, -0.2) is 4.39 Å². The van der Waals surface area contributed by atoms with Crippen LogP contribution in [0.4, 0.5) is 10.1 Å². The fourth-order valence-electron chi connectivity index (χ4n) is 3.27. The Morgan fingerprint density at radius 1 is 1.32 bits per heavy atom. The van der Waals surface area contributed by atoms with Gasteiger partial charge in [0.2, 0.25) is 0 Å². The van der Waals surface area contributed by atoms with Gasteiger partial charge in [0.05, 0.1) is 0 Å². The first-order chi connectivity index (χ1) is 10.5. The predicted octanol–water partition coefficient (Wildman–Crippen LogP) is 4.64. The largest absolute Gasteiger partial charge is 0.366 e. The maximum atomic E-state index is 14.2. The van der Waals surface area contributed by atoms with E-state index in [1.165, 1.54) is 5.56 Å². The van der Waals surface area contributed by atoms with Crippen LogP contribution in [0.5, 0.6) is 0 Å². The summed E-state index contributed by atoms with van der Waals surface area (Å²) < 4.78 is 14.2. The molecular weight excluding hydrogens is 275 g/mol. The number of anilines is 1. The van der Waals surface area contributed by atoms with Crippen molar-refractivity contribution in [3.05, 3.63) is 53.4 Å². The summed E-state index contributed by atoms with van der Waals surface area (Å²) in [7, 11) is 0. The van der Waals surface area contributed by atoms with Crippen LogP contribution in [0.25, 0.3) is 10.8 Å². The molecule has 0 aromatic heterocycles. The Morgan fingerprint density at radius 3 is 2.77 bits per heavy atom. The van der Waals surface area contributed by atoms with E-state index < -0.39 is 0 Å². The average molecular weight is 296 g/mol. The average Bonchev–Trinajstić information content (AvgIpc) is 2.49. The number of hydrogen-bond acceptors (Lipinski definition) is 2. The molecular formula is C19H21FN2.